The minimum absolute atomic E-state index is 0.273. The first-order valence-electron chi connectivity index (χ1n) is 6.42. The number of amides is 1. The fraction of sp³-hybridized carbons (Fsp3) is 0.923. The van der Waals surface area contributed by atoms with Gasteiger partial charge in [-0.25, -0.2) is 0 Å². The molecule has 1 N–H and O–H groups in total. The summed E-state index contributed by atoms with van der Waals surface area (Å²) in [5.41, 5.74) is 0. The number of carbonyl (C=O) groups is 1. The molecule has 2 nitrogen and oxygen atoms in total. The number of hydrogen-bond donors (Lipinski definition) is 1. The molecule has 3 unspecified atom stereocenters. The van der Waals surface area contributed by atoms with E-state index in [1.165, 1.54) is 25.7 Å². The van der Waals surface area contributed by atoms with Crippen molar-refractivity contribution >= 4 is 5.91 Å². The summed E-state index contributed by atoms with van der Waals surface area (Å²) in [6, 6.07) is 0. The first kappa shape index (κ1) is 11.0. The van der Waals surface area contributed by atoms with E-state index < -0.39 is 0 Å². The largest absolute Gasteiger partial charge is 0.359 e. The molecular formula is C13H23NO. The molecular weight excluding hydrogens is 186 g/mol. The third kappa shape index (κ3) is 3.22. The number of hydrogen-bond acceptors (Lipinski definition) is 1. The summed E-state index contributed by atoms with van der Waals surface area (Å²) in [4.78, 5) is 11.7. The summed E-state index contributed by atoms with van der Waals surface area (Å²) >= 11 is 0. The van der Waals surface area contributed by atoms with Gasteiger partial charge in [0.1, 0.15) is 0 Å². The van der Waals surface area contributed by atoms with Crippen molar-refractivity contribution in [3.63, 3.8) is 0 Å². The maximum atomic E-state index is 11.7. The third-order valence-corrected chi connectivity index (χ3v) is 4.10. The van der Waals surface area contributed by atoms with Gasteiger partial charge < -0.3 is 5.32 Å². The molecule has 2 heteroatoms. The molecule has 0 aromatic heterocycles. The van der Waals surface area contributed by atoms with Gasteiger partial charge in [-0.3, -0.25) is 4.79 Å². The van der Waals surface area contributed by atoms with Crippen molar-refractivity contribution in [3.8, 4) is 0 Å². The first-order valence-corrected chi connectivity index (χ1v) is 6.42. The Bertz CT molecular complexity index is 235. The van der Waals surface area contributed by atoms with Gasteiger partial charge in [0.05, 0.1) is 0 Å². The van der Waals surface area contributed by atoms with Gasteiger partial charge in [-0.15, -0.1) is 0 Å². The van der Waals surface area contributed by atoms with E-state index in [1.54, 1.807) is 7.05 Å². The molecule has 2 rings (SSSR count). The van der Waals surface area contributed by atoms with Crippen molar-refractivity contribution in [2.24, 2.45) is 23.7 Å². The molecule has 0 bridgehead atoms. The second-order valence-electron chi connectivity index (χ2n) is 5.54. The Labute approximate surface area is 92.8 Å². The van der Waals surface area contributed by atoms with E-state index in [9.17, 15) is 4.79 Å². The Hall–Kier alpha value is -0.530. The smallest absolute Gasteiger partial charge is 0.222 e. The predicted octanol–water partition coefficient (Wildman–Crippen LogP) is 2.58. The van der Waals surface area contributed by atoms with Gasteiger partial charge in [0.2, 0.25) is 5.91 Å². The zero-order valence-electron chi connectivity index (χ0n) is 9.96. The fourth-order valence-electron chi connectivity index (χ4n) is 2.50. The molecule has 0 spiro atoms. The maximum Gasteiger partial charge on any atom is 0.222 e. The van der Waals surface area contributed by atoms with Crippen LogP contribution in [0.4, 0.5) is 0 Å². The molecule has 0 radical (unpaired) electrons. The lowest BCUT2D eigenvalue weighted by atomic mass is 9.94. The normalized spacial score (nSPS) is 31.1. The highest BCUT2D eigenvalue weighted by Crippen LogP contribution is 2.44. The van der Waals surface area contributed by atoms with Crippen molar-refractivity contribution in [2.75, 3.05) is 7.05 Å². The van der Waals surface area contributed by atoms with Crippen LogP contribution in [0, 0.1) is 23.7 Å². The van der Waals surface area contributed by atoms with Crippen LogP contribution in [0.5, 0.6) is 0 Å². The number of rotatable bonds is 6. The molecule has 3 atom stereocenters. The fourth-order valence-corrected chi connectivity index (χ4v) is 2.50. The Morgan fingerprint density at radius 1 is 1.47 bits per heavy atom. The standard InChI is InChI=1S/C13H23NO/c1-9-7-12(9)8-11(13(15)14-2)6-5-10-3-4-10/h9-12H,3-8H2,1-2H3,(H,14,15). The Morgan fingerprint density at radius 2 is 2.13 bits per heavy atom. The highest BCUT2D eigenvalue weighted by molar-refractivity contribution is 5.78. The number of carbonyl (C=O) groups excluding carboxylic acids is 1. The molecule has 0 aromatic rings. The van der Waals surface area contributed by atoms with Gasteiger partial charge in [0, 0.05) is 13.0 Å². The van der Waals surface area contributed by atoms with Crippen LogP contribution >= 0.6 is 0 Å². The van der Waals surface area contributed by atoms with Crippen LogP contribution in [0.15, 0.2) is 0 Å². The summed E-state index contributed by atoms with van der Waals surface area (Å²) in [5, 5.41) is 2.82. The molecule has 0 aliphatic heterocycles. The van der Waals surface area contributed by atoms with Gasteiger partial charge in [-0.1, -0.05) is 19.8 Å². The van der Waals surface area contributed by atoms with E-state index in [4.69, 9.17) is 0 Å². The third-order valence-electron chi connectivity index (χ3n) is 4.10. The summed E-state index contributed by atoms with van der Waals surface area (Å²) in [6.45, 7) is 2.30. The maximum absolute atomic E-state index is 11.7. The van der Waals surface area contributed by atoms with Gasteiger partial charge in [-0.05, 0) is 43.4 Å². The SMILES string of the molecule is CNC(=O)C(CCC1CC1)CC1CC1C. The van der Waals surface area contributed by atoms with Crippen molar-refractivity contribution in [1.82, 2.24) is 5.32 Å². The molecule has 15 heavy (non-hydrogen) atoms. The van der Waals surface area contributed by atoms with Crippen LogP contribution in [0.3, 0.4) is 0 Å². The molecule has 86 valence electrons. The average Bonchev–Trinajstić information content (AvgIpc) is 3.11. The van der Waals surface area contributed by atoms with E-state index in [0.29, 0.717) is 5.92 Å². The zero-order valence-corrected chi connectivity index (χ0v) is 9.96. The second-order valence-corrected chi connectivity index (χ2v) is 5.54. The van der Waals surface area contributed by atoms with Crippen LogP contribution in [-0.2, 0) is 4.79 Å². The molecule has 2 aliphatic rings. The first-order chi connectivity index (χ1) is 7.20. The van der Waals surface area contributed by atoms with Crippen LogP contribution in [0.1, 0.15) is 45.4 Å². The van der Waals surface area contributed by atoms with E-state index in [0.717, 1.165) is 30.6 Å². The quantitative estimate of drug-likeness (QED) is 0.715. The predicted molar refractivity (Wildman–Crippen MR) is 61.4 cm³/mol. The van der Waals surface area contributed by atoms with Crippen LogP contribution < -0.4 is 5.32 Å². The Balaban J connectivity index is 1.75. The van der Waals surface area contributed by atoms with E-state index in [1.807, 2.05) is 0 Å². The van der Waals surface area contributed by atoms with E-state index in [2.05, 4.69) is 12.2 Å². The average molecular weight is 209 g/mol. The molecule has 2 saturated carbocycles. The number of nitrogens with one attached hydrogen (secondary N) is 1. The lowest BCUT2D eigenvalue weighted by molar-refractivity contribution is -0.125. The van der Waals surface area contributed by atoms with E-state index >= 15 is 0 Å². The van der Waals surface area contributed by atoms with Crippen LogP contribution in [0.2, 0.25) is 0 Å². The summed E-state index contributed by atoms with van der Waals surface area (Å²) in [7, 11) is 1.77. The molecule has 1 amide bonds. The molecule has 2 aliphatic carbocycles. The lowest BCUT2D eigenvalue weighted by Crippen LogP contribution is -2.28. The van der Waals surface area contributed by atoms with Crippen LogP contribution in [-0.4, -0.2) is 13.0 Å². The van der Waals surface area contributed by atoms with Crippen molar-refractivity contribution < 1.29 is 4.79 Å². The molecule has 2 fully saturated rings. The second kappa shape index (κ2) is 4.54. The lowest BCUT2D eigenvalue weighted by Gasteiger charge is -2.14. The van der Waals surface area contributed by atoms with E-state index in [-0.39, 0.29) is 5.91 Å². The van der Waals surface area contributed by atoms with Gasteiger partial charge in [0.25, 0.3) is 0 Å². The summed E-state index contributed by atoms with van der Waals surface area (Å²) < 4.78 is 0. The Kier molecular flexibility index (Phi) is 3.32. The Morgan fingerprint density at radius 3 is 2.60 bits per heavy atom. The minimum atomic E-state index is 0.273. The summed E-state index contributed by atoms with van der Waals surface area (Å²) in [6.07, 6.45) is 7.68. The molecule has 0 heterocycles. The van der Waals surface area contributed by atoms with Gasteiger partial charge in [-0.2, -0.15) is 0 Å². The van der Waals surface area contributed by atoms with Gasteiger partial charge >= 0.3 is 0 Å². The molecule has 0 saturated heterocycles. The highest BCUT2D eigenvalue weighted by atomic mass is 16.1. The van der Waals surface area contributed by atoms with Gasteiger partial charge in [0.15, 0.2) is 0 Å². The molecule has 0 aromatic carbocycles. The van der Waals surface area contributed by atoms with Crippen molar-refractivity contribution in [3.05, 3.63) is 0 Å². The minimum Gasteiger partial charge on any atom is -0.359 e. The van der Waals surface area contributed by atoms with Crippen molar-refractivity contribution in [2.45, 2.75) is 45.4 Å². The topological polar surface area (TPSA) is 29.1 Å². The highest BCUT2D eigenvalue weighted by Gasteiger charge is 2.36. The summed E-state index contributed by atoms with van der Waals surface area (Å²) in [5.74, 6) is 3.23. The monoisotopic (exact) mass is 209 g/mol. The zero-order chi connectivity index (χ0) is 10.8. The van der Waals surface area contributed by atoms with Crippen molar-refractivity contribution in [1.29, 1.82) is 0 Å². The van der Waals surface area contributed by atoms with Crippen LogP contribution in [0.25, 0.3) is 0 Å².